The number of carboxylic acid groups (broad SMARTS) is 1. The van der Waals surface area contributed by atoms with Crippen LogP contribution < -0.4 is 10.6 Å². The SMILES string of the molecule is CCC(C)C(C(CC(=O)N1CCCC1C(OC)C(C)C(=O)NC(Cc1ccccc1)C(=O)O)OC)N(C)C(=O)NC(=O)C(C(C)C)N(C)C. The average Bonchev–Trinajstić information content (AvgIpc) is 3.53. The van der Waals surface area contributed by atoms with Crippen LogP contribution in [0.3, 0.4) is 0 Å². The van der Waals surface area contributed by atoms with Gasteiger partial charge in [0.15, 0.2) is 0 Å². The van der Waals surface area contributed by atoms with Crippen molar-refractivity contribution >= 4 is 29.7 Å². The molecule has 276 valence electrons. The van der Waals surface area contributed by atoms with Gasteiger partial charge in [-0.3, -0.25) is 24.6 Å². The molecule has 2 rings (SSSR count). The third-order valence-electron chi connectivity index (χ3n) is 9.82. The lowest BCUT2D eigenvalue weighted by Crippen LogP contribution is -2.57. The smallest absolute Gasteiger partial charge is 0.326 e. The molecule has 49 heavy (non-hydrogen) atoms. The maximum absolute atomic E-state index is 14.0. The minimum absolute atomic E-state index is 0.0196. The fourth-order valence-corrected chi connectivity index (χ4v) is 7.05. The first-order valence-corrected chi connectivity index (χ1v) is 17.3. The summed E-state index contributed by atoms with van der Waals surface area (Å²) in [4.78, 5) is 70.8. The summed E-state index contributed by atoms with van der Waals surface area (Å²) < 4.78 is 11.7. The second-order valence-corrected chi connectivity index (χ2v) is 13.8. The van der Waals surface area contributed by atoms with Gasteiger partial charge < -0.3 is 29.7 Å². The van der Waals surface area contributed by atoms with Gasteiger partial charge in [0.1, 0.15) is 6.04 Å². The Balaban J connectivity index is 2.21. The van der Waals surface area contributed by atoms with Gasteiger partial charge in [-0.2, -0.15) is 0 Å². The van der Waals surface area contributed by atoms with Crippen molar-refractivity contribution in [2.45, 2.75) is 103 Å². The van der Waals surface area contributed by atoms with Crippen LogP contribution >= 0.6 is 0 Å². The van der Waals surface area contributed by atoms with E-state index in [1.54, 1.807) is 37.9 Å². The zero-order chi connectivity index (χ0) is 37.0. The maximum Gasteiger partial charge on any atom is 0.326 e. The number of imide groups is 1. The summed E-state index contributed by atoms with van der Waals surface area (Å²) in [6.07, 6.45) is 0.738. The van der Waals surface area contributed by atoms with E-state index in [1.165, 1.54) is 19.1 Å². The van der Waals surface area contributed by atoms with Gasteiger partial charge in [0, 0.05) is 34.2 Å². The molecule has 1 aromatic rings. The molecule has 0 bridgehead atoms. The van der Waals surface area contributed by atoms with Crippen LogP contribution in [0.25, 0.3) is 0 Å². The van der Waals surface area contributed by atoms with Crippen molar-refractivity contribution in [3.8, 4) is 0 Å². The molecule has 13 nitrogen and oxygen atoms in total. The number of carbonyl (C=O) groups excluding carboxylic acids is 4. The molecule has 1 aliphatic heterocycles. The second-order valence-electron chi connectivity index (χ2n) is 13.8. The molecule has 3 N–H and O–H groups in total. The van der Waals surface area contributed by atoms with E-state index < -0.39 is 66.1 Å². The van der Waals surface area contributed by atoms with Gasteiger partial charge in [-0.1, -0.05) is 71.4 Å². The van der Waals surface area contributed by atoms with Crippen LogP contribution in [0.1, 0.15) is 65.9 Å². The van der Waals surface area contributed by atoms with Crippen molar-refractivity contribution in [3.63, 3.8) is 0 Å². The maximum atomic E-state index is 14.0. The molecule has 0 saturated carbocycles. The lowest BCUT2D eigenvalue weighted by molar-refractivity contribution is -0.145. The number of ether oxygens (including phenoxy) is 2. The van der Waals surface area contributed by atoms with E-state index in [4.69, 9.17) is 9.47 Å². The van der Waals surface area contributed by atoms with E-state index >= 15 is 0 Å². The monoisotopic (exact) mass is 689 g/mol. The fourth-order valence-electron chi connectivity index (χ4n) is 7.05. The standard InChI is InChI=1S/C36H59N5O8/c1-11-23(4)31(40(8)36(47)38-34(44)30(22(2)3)39(6)7)28(48-9)21-29(42)41-19-15-18-27(41)32(49-10)24(5)33(43)37-26(35(45)46)20-25-16-13-12-14-17-25/h12-14,16-17,22-24,26-28,30-32H,11,15,18-21H2,1-10H3,(H,37,43)(H,45,46)(H,38,44,47). The Hall–Kier alpha value is -3.55. The lowest BCUT2D eigenvalue weighted by atomic mass is 9.90. The molecule has 8 atom stereocenters. The highest BCUT2D eigenvalue weighted by Gasteiger charge is 2.42. The van der Waals surface area contributed by atoms with Gasteiger partial charge in [0.2, 0.25) is 17.7 Å². The Labute approximate surface area is 292 Å². The molecular weight excluding hydrogens is 630 g/mol. The van der Waals surface area contributed by atoms with Gasteiger partial charge in [0.25, 0.3) is 0 Å². The van der Waals surface area contributed by atoms with Crippen molar-refractivity contribution in [2.75, 3.05) is 41.9 Å². The van der Waals surface area contributed by atoms with Crippen molar-refractivity contribution in [2.24, 2.45) is 17.8 Å². The van der Waals surface area contributed by atoms with Crippen molar-refractivity contribution in [3.05, 3.63) is 35.9 Å². The molecule has 1 fully saturated rings. The molecule has 5 amide bonds. The number of likely N-dealkylation sites (N-methyl/N-ethyl adjacent to an activating group) is 2. The molecule has 1 heterocycles. The Morgan fingerprint density at radius 1 is 0.980 bits per heavy atom. The number of carboxylic acids is 1. The van der Waals surface area contributed by atoms with Crippen LogP contribution in [-0.2, 0) is 35.1 Å². The molecular formula is C36H59N5O8. The van der Waals surface area contributed by atoms with Crippen molar-refractivity contribution < 1.29 is 38.6 Å². The molecule has 1 aromatic carbocycles. The molecule has 0 aromatic heterocycles. The summed E-state index contributed by atoms with van der Waals surface area (Å²) in [7, 11) is 8.18. The fraction of sp³-hybridized carbons (Fsp3) is 0.694. The van der Waals surface area contributed by atoms with Crippen LogP contribution in [-0.4, -0.2) is 128 Å². The number of methoxy groups -OCH3 is 2. The normalized spacial score (nSPS) is 19.0. The highest BCUT2D eigenvalue weighted by Crippen LogP contribution is 2.29. The van der Waals surface area contributed by atoms with E-state index in [9.17, 15) is 29.1 Å². The molecule has 1 saturated heterocycles. The molecule has 0 aliphatic carbocycles. The second kappa shape index (κ2) is 19.6. The number of rotatable bonds is 18. The van der Waals surface area contributed by atoms with Crippen LogP contribution in [0, 0.1) is 17.8 Å². The molecule has 1 aliphatic rings. The topological polar surface area (TPSA) is 158 Å². The number of urea groups is 1. The van der Waals surface area contributed by atoms with Gasteiger partial charge in [-0.25, -0.2) is 9.59 Å². The number of hydrogen-bond acceptors (Lipinski definition) is 8. The van der Waals surface area contributed by atoms with E-state index in [2.05, 4.69) is 10.6 Å². The third kappa shape index (κ3) is 11.2. The van der Waals surface area contributed by atoms with Gasteiger partial charge >= 0.3 is 12.0 Å². The Morgan fingerprint density at radius 3 is 2.12 bits per heavy atom. The molecule has 0 radical (unpaired) electrons. The van der Waals surface area contributed by atoms with Gasteiger partial charge in [-0.15, -0.1) is 0 Å². The minimum atomic E-state index is -1.14. The number of nitrogens with one attached hydrogen (secondary N) is 2. The van der Waals surface area contributed by atoms with Crippen molar-refractivity contribution in [1.82, 2.24) is 25.3 Å². The van der Waals surface area contributed by atoms with Crippen LogP contribution in [0.4, 0.5) is 4.79 Å². The first-order chi connectivity index (χ1) is 23.1. The Bertz CT molecular complexity index is 1240. The first-order valence-electron chi connectivity index (χ1n) is 17.3. The number of nitrogens with zero attached hydrogens (tertiary/aromatic N) is 3. The molecule has 13 heteroatoms. The zero-order valence-corrected chi connectivity index (χ0v) is 31.0. The summed E-state index contributed by atoms with van der Waals surface area (Å²) in [5.74, 6) is -3.06. The van der Waals surface area contributed by atoms with E-state index in [1.807, 2.05) is 58.0 Å². The van der Waals surface area contributed by atoms with E-state index in [0.29, 0.717) is 25.8 Å². The van der Waals surface area contributed by atoms with Crippen LogP contribution in [0.15, 0.2) is 30.3 Å². The highest BCUT2D eigenvalue weighted by molar-refractivity contribution is 5.97. The van der Waals surface area contributed by atoms with Crippen LogP contribution in [0.5, 0.6) is 0 Å². The van der Waals surface area contributed by atoms with E-state index in [0.717, 1.165) is 5.56 Å². The van der Waals surface area contributed by atoms with Crippen LogP contribution in [0.2, 0.25) is 0 Å². The quantitative estimate of drug-likeness (QED) is 0.211. The summed E-state index contributed by atoms with van der Waals surface area (Å²) in [5.41, 5.74) is 0.783. The predicted molar refractivity (Wildman–Crippen MR) is 187 cm³/mol. The van der Waals surface area contributed by atoms with E-state index in [-0.39, 0.29) is 30.6 Å². The summed E-state index contributed by atoms with van der Waals surface area (Å²) in [5, 5.41) is 15.0. The third-order valence-corrected chi connectivity index (χ3v) is 9.82. The average molecular weight is 690 g/mol. The number of likely N-dealkylation sites (tertiary alicyclic amines) is 1. The van der Waals surface area contributed by atoms with Crippen molar-refractivity contribution in [1.29, 1.82) is 0 Å². The number of benzene rings is 1. The number of amides is 5. The molecule has 8 unspecified atom stereocenters. The largest absolute Gasteiger partial charge is 0.480 e. The lowest BCUT2D eigenvalue weighted by Gasteiger charge is -2.39. The summed E-state index contributed by atoms with van der Waals surface area (Å²) in [6.45, 7) is 9.94. The van der Waals surface area contributed by atoms with Gasteiger partial charge in [0.05, 0.1) is 42.7 Å². The highest BCUT2D eigenvalue weighted by atomic mass is 16.5. The Morgan fingerprint density at radius 2 is 1.61 bits per heavy atom. The minimum Gasteiger partial charge on any atom is -0.480 e. The number of hydrogen-bond donors (Lipinski definition) is 3. The molecule has 0 spiro atoms. The number of carbonyl (C=O) groups is 5. The Kier molecular flexibility index (Phi) is 16.6. The predicted octanol–water partition coefficient (Wildman–Crippen LogP) is 3.01. The number of aliphatic carboxylic acids is 1. The summed E-state index contributed by atoms with van der Waals surface area (Å²) in [6, 6.07) is 5.94. The zero-order valence-electron chi connectivity index (χ0n) is 31.0. The first kappa shape index (κ1) is 41.6. The summed E-state index contributed by atoms with van der Waals surface area (Å²) >= 11 is 0. The van der Waals surface area contributed by atoms with Gasteiger partial charge in [-0.05, 0) is 44.3 Å².